The van der Waals surface area contributed by atoms with E-state index in [0.717, 1.165) is 6.54 Å². The average molecular weight is 231 g/mol. The molecule has 1 rings (SSSR count). The van der Waals surface area contributed by atoms with Crippen molar-refractivity contribution in [3.05, 3.63) is 16.1 Å². The summed E-state index contributed by atoms with van der Waals surface area (Å²) in [6, 6.07) is 0. The monoisotopic (exact) mass is 231 g/mol. The summed E-state index contributed by atoms with van der Waals surface area (Å²) in [5.74, 6) is 0. The van der Waals surface area contributed by atoms with Gasteiger partial charge in [-0.3, -0.25) is 4.52 Å². The summed E-state index contributed by atoms with van der Waals surface area (Å²) in [7, 11) is 3.53. The minimum atomic E-state index is -0.372. The van der Waals surface area contributed by atoms with Crippen molar-refractivity contribution in [2.75, 3.05) is 13.6 Å². The van der Waals surface area contributed by atoms with Gasteiger partial charge in [0.2, 0.25) is 0 Å². The minimum Gasteiger partial charge on any atom is -0.363 e. The summed E-state index contributed by atoms with van der Waals surface area (Å²) >= 11 is 5.10. The van der Waals surface area contributed by atoms with Gasteiger partial charge >= 0.3 is 11.3 Å². The molecule has 1 heterocycles. The Bertz CT molecular complexity index is 398. The van der Waals surface area contributed by atoms with Crippen LogP contribution in [0.4, 0.5) is 0 Å². The lowest BCUT2D eigenvalue weighted by Crippen LogP contribution is -2.43. The second kappa shape index (κ2) is 4.92. The smallest absolute Gasteiger partial charge is 0.363 e. The van der Waals surface area contributed by atoms with E-state index >= 15 is 0 Å². The highest BCUT2D eigenvalue weighted by Gasteiger charge is 2.19. The van der Waals surface area contributed by atoms with Crippen molar-refractivity contribution < 1.29 is 9.20 Å². The second-order valence-corrected chi connectivity index (χ2v) is 3.56. The van der Waals surface area contributed by atoms with Crippen LogP contribution in [0.25, 0.3) is 0 Å². The molecule has 0 aliphatic carbocycles. The van der Waals surface area contributed by atoms with E-state index in [1.165, 1.54) is 4.68 Å². The van der Waals surface area contributed by atoms with E-state index in [-0.39, 0.29) is 5.63 Å². The zero-order valence-electron chi connectivity index (χ0n) is 9.03. The standard InChI is InChI=1S/C8H14N4O2S/c1-4-9-8(15)11(2)5-6-7(13)14-10-12(6)3/h4-5H2,1-3H3,(H-,9,10,13,15)/p+1. The Morgan fingerprint density at radius 2 is 2.40 bits per heavy atom. The van der Waals surface area contributed by atoms with Crippen LogP contribution in [0.1, 0.15) is 12.6 Å². The maximum atomic E-state index is 11.2. The predicted octanol–water partition coefficient (Wildman–Crippen LogP) is -0.881. The van der Waals surface area contributed by atoms with E-state index in [0.29, 0.717) is 17.4 Å². The number of H-pyrrole nitrogens is 1. The van der Waals surface area contributed by atoms with Crippen molar-refractivity contribution in [1.29, 1.82) is 0 Å². The van der Waals surface area contributed by atoms with Gasteiger partial charge in [0.15, 0.2) is 12.2 Å². The van der Waals surface area contributed by atoms with Gasteiger partial charge in [-0.15, -0.1) is 0 Å². The number of thiocarbonyl (C=S) groups is 1. The molecule has 6 nitrogen and oxygen atoms in total. The Morgan fingerprint density at radius 3 is 2.87 bits per heavy atom. The van der Waals surface area contributed by atoms with Crippen LogP contribution >= 0.6 is 12.2 Å². The first-order chi connectivity index (χ1) is 7.06. The number of rotatable bonds is 3. The molecule has 0 atom stereocenters. The molecule has 0 fully saturated rings. The van der Waals surface area contributed by atoms with Crippen molar-refractivity contribution in [2.24, 2.45) is 7.05 Å². The largest absolute Gasteiger partial charge is 0.431 e. The van der Waals surface area contributed by atoms with Crippen LogP contribution in [-0.2, 0) is 13.6 Å². The van der Waals surface area contributed by atoms with Crippen molar-refractivity contribution in [2.45, 2.75) is 13.5 Å². The molecule has 0 aromatic carbocycles. The quantitative estimate of drug-likeness (QED) is 0.522. The van der Waals surface area contributed by atoms with Gasteiger partial charge in [-0.1, -0.05) is 4.68 Å². The first-order valence-corrected chi connectivity index (χ1v) is 5.02. The lowest BCUT2D eigenvalue weighted by Gasteiger charge is -2.17. The Balaban J connectivity index is 2.70. The molecule has 84 valence electrons. The number of aromatic nitrogens is 2. The Hall–Kier alpha value is -1.37. The van der Waals surface area contributed by atoms with Gasteiger partial charge in [-0.05, 0) is 24.4 Å². The third-order valence-electron chi connectivity index (χ3n) is 1.98. The van der Waals surface area contributed by atoms with Crippen LogP contribution in [0, 0.1) is 0 Å². The van der Waals surface area contributed by atoms with Crippen LogP contribution in [0.15, 0.2) is 9.32 Å². The second-order valence-electron chi connectivity index (χ2n) is 3.18. The number of aryl methyl sites for hydroxylation is 1. The number of aromatic amines is 1. The molecule has 0 radical (unpaired) electrons. The summed E-state index contributed by atoms with van der Waals surface area (Å²) in [6.07, 6.45) is 0. The molecule has 0 amide bonds. The van der Waals surface area contributed by atoms with Crippen molar-refractivity contribution in [3.63, 3.8) is 0 Å². The zero-order valence-corrected chi connectivity index (χ0v) is 9.85. The number of hydrogen-bond donors (Lipinski definition) is 2. The third-order valence-corrected chi connectivity index (χ3v) is 2.43. The maximum Gasteiger partial charge on any atom is 0.431 e. The van der Waals surface area contributed by atoms with E-state index in [2.05, 4.69) is 15.1 Å². The molecule has 7 heteroatoms. The van der Waals surface area contributed by atoms with Gasteiger partial charge < -0.3 is 10.2 Å². The highest BCUT2D eigenvalue weighted by atomic mass is 32.1. The van der Waals surface area contributed by atoms with E-state index in [1.807, 2.05) is 14.0 Å². The zero-order chi connectivity index (χ0) is 11.4. The fraction of sp³-hybridized carbons (Fsp3) is 0.625. The number of nitrogens with zero attached hydrogens (tertiary/aromatic N) is 2. The van der Waals surface area contributed by atoms with Crippen LogP contribution in [-0.4, -0.2) is 28.9 Å². The SMILES string of the molecule is CCNC(=S)N(C)Cc1c(=O)o[nH][n+]1C. The number of nitrogens with one attached hydrogen (secondary N) is 2. The molecule has 15 heavy (non-hydrogen) atoms. The number of hydrogen-bond acceptors (Lipinski definition) is 3. The summed E-state index contributed by atoms with van der Waals surface area (Å²) in [4.78, 5) is 13.0. The maximum absolute atomic E-state index is 11.2. The normalized spacial score (nSPS) is 10.1. The first kappa shape index (κ1) is 11.7. The van der Waals surface area contributed by atoms with Crippen molar-refractivity contribution >= 4 is 17.3 Å². The fourth-order valence-electron chi connectivity index (χ4n) is 1.11. The molecule has 0 saturated heterocycles. The summed E-state index contributed by atoms with van der Waals surface area (Å²) in [5, 5.41) is 6.06. The van der Waals surface area contributed by atoms with E-state index in [4.69, 9.17) is 12.2 Å². The molecule has 0 spiro atoms. The van der Waals surface area contributed by atoms with Gasteiger partial charge in [0.1, 0.15) is 6.54 Å². The Labute approximate surface area is 92.8 Å². The molecule has 0 aliphatic rings. The fourth-order valence-corrected chi connectivity index (χ4v) is 1.32. The Kier molecular flexibility index (Phi) is 3.84. The van der Waals surface area contributed by atoms with Gasteiger partial charge in [-0.25, -0.2) is 4.79 Å². The van der Waals surface area contributed by atoms with Crippen LogP contribution in [0.3, 0.4) is 0 Å². The molecular weight excluding hydrogens is 216 g/mol. The molecule has 1 aromatic rings. The van der Waals surface area contributed by atoms with Crippen LogP contribution in [0.2, 0.25) is 0 Å². The minimum absolute atomic E-state index is 0.372. The first-order valence-electron chi connectivity index (χ1n) is 4.61. The van der Waals surface area contributed by atoms with Crippen molar-refractivity contribution in [1.82, 2.24) is 15.5 Å². The van der Waals surface area contributed by atoms with E-state index in [1.54, 1.807) is 11.9 Å². The Morgan fingerprint density at radius 1 is 1.73 bits per heavy atom. The lowest BCUT2D eigenvalue weighted by atomic mass is 10.4. The molecule has 1 aromatic heterocycles. The molecule has 0 unspecified atom stereocenters. The summed E-state index contributed by atoms with van der Waals surface area (Å²) < 4.78 is 6.16. The van der Waals surface area contributed by atoms with Crippen LogP contribution < -0.4 is 15.6 Å². The third kappa shape index (κ3) is 2.79. The van der Waals surface area contributed by atoms with Gasteiger partial charge in [0.05, 0.1) is 0 Å². The average Bonchev–Trinajstić information content (AvgIpc) is 2.49. The van der Waals surface area contributed by atoms with Gasteiger partial charge in [0.25, 0.3) is 0 Å². The highest BCUT2D eigenvalue weighted by molar-refractivity contribution is 7.80. The highest BCUT2D eigenvalue weighted by Crippen LogP contribution is 1.92. The van der Waals surface area contributed by atoms with Crippen molar-refractivity contribution in [3.8, 4) is 0 Å². The molecule has 0 aliphatic heterocycles. The molecule has 0 bridgehead atoms. The summed E-state index contributed by atoms with van der Waals surface area (Å²) in [6.45, 7) is 3.13. The predicted molar refractivity (Wildman–Crippen MR) is 58.2 cm³/mol. The molecular formula is C8H15N4O2S+. The lowest BCUT2D eigenvalue weighted by molar-refractivity contribution is -0.746. The topological polar surface area (TPSA) is 65.2 Å². The van der Waals surface area contributed by atoms with Gasteiger partial charge in [-0.2, -0.15) is 0 Å². The van der Waals surface area contributed by atoms with E-state index in [9.17, 15) is 4.79 Å². The molecule has 2 N–H and O–H groups in total. The van der Waals surface area contributed by atoms with Gasteiger partial charge in [0, 0.05) is 13.6 Å². The van der Waals surface area contributed by atoms with Crippen LogP contribution in [0.5, 0.6) is 0 Å². The molecule has 0 saturated carbocycles. The van der Waals surface area contributed by atoms with E-state index < -0.39 is 0 Å². The summed E-state index contributed by atoms with van der Waals surface area (Å²) in [5.41, 5.74) is 0.154.